The summed E-state index contributed by atoms with van der Waals surface area (Å²) in [5.41, 5.74) is 1.77. The molecule has 1 N–H and O–H groups in total. The Morgan fingerprint density at radius 2 is 2.00 bits per heavy atom. The van der Waals surface area contributed by atoms with Crippen molar-refractivity contribution in [1.29, 1.82) is 0 Å². The van der Waals surface area contributed by atoms with E-state index in [1.54, 1.807) is 19.2 Å². The first kappa shape index (κ1) is 13.5. The maximum atomic E-state index is 10.4. The summed E-state index contributed by atoms with van der Waals surface area (Å²) in [6.45, 7) is 5.92. The average molecular weight is 210 g/mol. The zero-order valence-corrected chi connectivity index (χ0v) is 9.70. The molecule has 84 valence electrons. The van der Waals surface area contributed by atoms with E-state index in [1.165, 1.54) is 0 Å². The summed E-state index contributed by atoms with van der Waals surface area (Å²) in [5.74, 6) is -0.0929. The molecule has 1 aromatic rings. The van der Waals surface area contributed by atoms with E-state index in [0.717, 1.165) is 16.9 Å². The van der Waals surface area contributed by atoms with Crippen molar-refractivity contribution in [3.63, 3.8) is 0 Å². The van der Waals surface area contributed by atoms with Crippen LogP contribution in [0.15, 0.2) is 18.2 Å². The number of hydrogen-bond donors (Lipinski definition) is 1. The van der Waals surface area contributed by atoms with E-state index in [0.29, 0.717) is 0 Å². The summed E-state index contributed by atoms with van der Waals surface area (Å²) < 4.78 is 5.07. The van der Waals surface area contributed by atoms with Crippen molar-refractivity contribution in [2.75, 3.05) is 7.11 Å². The number of carboxylic acid groups (broad SMARTS) is 1. The minimum atomic E-state index is -0.828. The Hall–Kier alpha value is -1.51. The number of benzene rings is 1. The summed E-state index contributed by atoms with van der Waals surface area (Å²) in [6.07, 6.45) is 0.0383. The standard InChI is InChI=1S/C10H12O3.C2H6/c1-7-3-4-8(6-10(11)12)5-9(7)13-2;1-2/h3-5H,6H2,1-2H3,(H,11,12);1-2H3. The molecule has 0 bridgehead atoms. The van der Waals surface area contributed by atoms with E-state index in [1.807, 2.05) is 26.8 Å². The highest BCUT2D eigenvalue weighted by molar-refractivity contribution is 5.70. The van der Waals surface area contributed by atoms with Crippen LogP contribution in [0.2, 0.25) is 0 Å². The zero-order valence-electron chi connectivity index (χ0n) is 9.70. The normalized spacial score (nSPS) is 8.80. The lowest BCUT2D eigenvalue weighted by Gasteiger charge is -2.05. The Morgan fingerprint density at radius 3 is 2.47 bits per heavy atom. The van der Waals surface area contributed by atoms with Crippen molar-refractivity contribution in [2.24, 2.45) is 0 Å². The van der Waals surface area contributed by atoms with Gasteiger partial charge in [-0.25, -0.2) is 0 Å². The minimum Gasteiger partial charge on any atom is -0.496 e. The predicted molar refractivity (Wildman–Crippen MR) is 60.4 cm³/mol. The molecule has 3 heteroatoms. The molecule has 0 unspecified atom stereocenters. The van der Waals surface area contributed by atoms with Gasteiger partial charge in [0.15, 0.2) is 0 Å². The molecule has 3 nitrogen and oxygen atoms in total. The van der Waals surface area contributed by atoms with Crippen molar-refractivity contribution in [3.05, 3.63) is 29.3 Å². The highest BCUT2D eigenvalue weighted by Crippen LogP contribution is 2.19. The monoisotopic (exact) mass is 210 g/mol. The maximum Gasteiger partial charge on any atom is 0.307 e. The fraction of sp³-hybridized carbons (Fsp3) is 0.417. The van der Waals surface area contributed by atoms with Crippen molar-refractivity contribution in [3.8, 4) is 5.75 Å². The van der Waals surface area contributed by atoms with Crippen molar-refractivity contribution < 1.29 is 14.6 Å². The molecule has 15 heavy (non-hydrogen) atoms. The molecule has 0 aliphatic heterocycles. The Kier molecular flexibility index (Phi) is 6.18. The summed E-state index contributed by atoms with van der Waals surface area (Å²) in [6, 6.07) is 5.41. The highest BCUT2D eigenvalue weighted by atomic mass is 16.5. The molecule has 0 aliphatic carbocycles. The molecule has 0 aromatic heterocycles. The summed E-state index contributed by atoms with van der Waals surface area (Å²) in [5, 5.41) is 8.56. The summed E-state index contributed by atoms with van der Waals surface area (Å²) in [7, 11) is 1.58. The van der Waals surface area contributed by atoms with Crippen molar-refractivity contribution in [1.82, 2.24) is 0 Å². The Morgan fingerprint density at radius 1 is 1.40 bits per heavy atom. The number of aryl methyl sites for hydroxylation is 1. The second kappa shape index (κ2) is 6.87. The van der Waals surface area contributed by atoms with Gasteiger partial charge in [-0.3, -0.25) is 4.79 Å². The maximum absolute atomic E-state index is 10.4. The Labute approximate surface area is 90.7 Å². The van der Waals surface area contributed by atoms with Crippen LogP contribution >= 0.6 is 0 Å². The van der Waals surface area contributed by atoms with E-state index in [9.17, 15) is 4.79 Å². The number of hydrogen-bond acceptors (Lipinski definition) is 2. The van der Waals surface area contributed by atoms with Gasteiger partial charge in [0.05, 0.1) is 13.5 Å². The molecular formula is C12H18O3. The van der Waals surface area contributed by atoms with Gasteiger partial charge in [0.1, 0.15) is 5.75 Å². The molecular weight excluding hydrogens is 192 g/mol. The highest BCUT2D eigenvalue weighted by Gasteiger charge is 2.03. The third kappa shape index (κ3) is 4.49. The number of carboxylic acids is 1. The number of methoxy groups -OCH3 is 1. The van der Waals surface area contributed by atoms with Crippen molar-refractivity contribution >= 4 is 5.97 Å². The lowest BCUT2D eigenvalue weighted by Crippen LogP contribution is -2.00. The first-order chi connectivity index (χ1) is 7.13. The van der Waals surface area contributed by atoms with Crippen LogP contribution < -0.4 is 4.74 Å². The van der Waals surface area contributed by atoms with Crippen LogP contribution in [0.1, 0.15) is 25.0 Å². The van der Waals surface area contributed by atoms with Crippen molar-refractivity contribution in [2.45, 2.75) is 27.2 Å². The molecule has 1 rings (SSSR count). The van der Waals surface area contributed by atoms with E-state index in [-0.39, 0.29) is 6.42 Å². The second-order valence-electron chi connectivity index (χ2n) is 2.87. The lowest BCUT2D eigenvalue weighted by molar-refractivity contribution is -0.136. The third-order valence-electron chi connectivity index (χ3n) is 1.83. The van der Waals surface area contributed by atoms with Gasteiger partial charge in [0.2, 0.25) is 0 Å². The van der Waals surface area contributed by atoms with Crippen LogP contribution in [0.3, 0.4) is 0 Å². The van der Waals surface area contributed by atoms with E-state index in [2.05, 4.69) is 0 Å². The predicted octanol–water partition coefficient (Wildman–Crippen LogP) is 2.66. The number of aliphatic carboxylic acids is 1. The molecule has 1 aromatic carbocycles. The summed E-state index contributed by atoms with van der Waals surface area (Å²) in [4.78, 5) is 10.4. The quantitative estimate of drug-likeness (QED) is 0.834. The molecule has 0 amide bonds. The van der Waals surface area contributed by atoms with Gasteiger partial charge in [0.25, 0.3) is 0 Å². The molecule has 0 saturated carbocycles. The van der Waals surface area contributed by atoms with Crippen LogP contribution in [0.5, 0.6) is 5.75 Å². The number of ether oxygens (including phenoxy) is 1. The topological polar surface area (TPSA) is 46.5 Å². The summed E-state index contributed by atoms with van der Waals surface area (Å²) >= 11 is 0. The van der Waals surface area contributed by atoms with E-state index >= 15 is 0 Å². The number of carbonyl (C=O) groups is 1. The smallest absolute Gasteiger partial charge is 0.307 e. The van der Waals surface area contributed by atoms with Gasteiger partial charge < -0.3 is 9.84 Å². The van der Waals surface area contributed by atoms with Crippen LogP contribution in [0.4, 0.5) is 0 Å². The van der Waals surface area contributed by atoms with Gasteiger partial charge in [-0.1, -0.05) is 26.0 Å². The van der Waals surface area contributed by atoms with Crippen LogP contribution in [-0.2, 0) is 11.2 Å². The molecule has 0 fully saturated rings. The fourth-order valence-corrected chi connectivity index (χ4v) is 1.15. The largest absolute Gasteiger partial charge is 0.496 e. The number of rotatable bonds is 3. The molecule has 0 radical (unpaired) electrons. The first-order valence-electron chi connectivity index (χ1n) is 4.99. The Balaban J connectivity index is 0.000000921. The fourth-order valence-electron chi connectivity index (χ4n) is 1.15. The molecule has 0 spiro atoms. The van der Waals surface area contributed by atoms with Gasteiger partial charge in [-0.15, -0.1) is 0 Å². The first-order valence-corrected chi connectivity index (χ1v) is 4.99. The lowest BCUT2D eigenvalue weighted by atomic mass is 10.1. The zero-order chi connectivity index (χ0) is 11.8. The van der Waals surface area contributed by atoms with E-state index < -0.39 is 5.97 Å². The van der Waals surface area contributed by atoms with Gasteiger partial charge >= 0.3 is 5.97 Å². The third-order valence-corrected chi connectivity index (χ3v) is 1.83. The van der Waals surface area contributed by atoms with E-state index in [4.69, 9.17) is 9.84 Å². The van der Waals surface area contributed by atoms with Crippen LogP contribution in [-0.4, -0.2) is 18.2 Å². The van der Waals surface area contributed by atoms with Crippen LogP contribution in [0.25, 0.3) is 0 Å². The van der Waals surface area contributed by atoms with Crippen LogP contribution in [0, 0.1) is 6.92 Å². The SMILES string of the molecule is CC.COc1cc(CC(=O)O)ccc1C. The van der Waals surface area contributed by atoms with Gasteiger partial charge in [-0.2, -0.15) is 0 Å². The average Bonchev–Trinajstić information content (AvgIpc) is 2.23. The van der Waals surface area contributed by atoms with Gasteiger partial charge in [0, 0.05) is 0 Å². The minimum absolute atomic E-state index is 0.0383. The Bertz CT molecular complexity index is 319. The molecule has 0 atom stereocenters. The van der Waals surface area contributed by atoms with Gasteiger partial charge in [-0.05, 0) is 24.1 Å². The molecule has 0 aliphatic rings. The second-order valence-corrected chi connectivity index (χ2v) is 2.87. The molecule has 0 heterocycles. The molecule has 0 saturated heterocycles.